The van der Waals surface area contributed by atoms with Crippen molar-refractivity contribution >= 4 is 11.6 Å². The van der Waals surface area contributed by atoms with Gasteiger partial charge < -0.3 is 9.73 Å². The minimum atomic E-state index is -0.340. The largest absolute Gasteiger partial charge is 0.467 e. The van der Waals surface area contributed by atoms with Crippen molar-refractivity contribution in [3.8, 4) is 11.3 Å². The number of benzene rings is 1. The number of fused-ring (bicyclic) bond motifs is 1. The number of hydrogen-bond acceptors (Lipinski definition) is 4. The normalized spacial score (nSPS) is 10.9. The summed E-state index contributed by atoms with van der Waals surface area (Å²) >= 11 is 0. The number of amides is 1. The molecule has 0 aliphatic carbocycles. The number of H-pyrrole nitrogens is 1. The molecule has 4 aromatic rings. The van der Waals surface area contributed by atoms with Crippen LogP contribution in [-0.2, 0) is 6.54 Å². The molecule has 1 amide bonds. The third-order valence-corrected chi connectivity index (χ3v) is 3.82. The Morgan fingerprint density at radius 1 is 1.20 bits per heavy atom. The topological polar surface area (TPSA) is 92.4 Å². The molecule has 0 bridgehead atoms. The fourth-order valence-electron chi connectivity index (χ4n) is 2.58. The summed E-state index contributed by atoms with van der Waals surface area (Å²) in [4.78, 5) is 29.2. The van der Waals surface area contributed by atoms with Gasteiger partial charge in [-0.15, -0.1) is 0 Å². The van der Waals surface area contributed by atoms with Gasteiger partial charge in [0.2, 0.25) is 0 Å². The molecule has 0 spiro atoms. The van der Waals surface area contributed by atoms with Gasteiger partial charge in [-0.05, 0) is 12.1 Å². The van der Waals surface area contributed by atoms with E-state index in [1.54, 1.807) is 18.4 Å². The highest BCUT2D eigenvalue weighted by molar-refractivity contribution is 5.99. The molecule has 0 aliphatic rings. The number of hydrogen-bond donors (Lipinski definition) is 2. The first kappa shape index (κ1) is 14.9. The molecule has 0 unspecified atom stereocenters. The molecule has 3 heterocycles. The molecule has 7 nitrogen and oxygen atoms in total. The number of aromatic nitrogens is 3. The molecule has 0 aliphatic heterocycles. The number of nitrogens with one attached hydrogen (secondary N) is 2. The van der Waals surface area contributed by atoms with Crippen LogP contribution >= 0.6 is 0 Å². The van der Waals surface area contributed by atoms with Crippen LogP contribution < -0.4 is 10.9 Å². The summed E-state index contributed by atoms with van der Waals surface area (Å²) in [7, 11) is 0. The lowest BCUT2D eigenvalue weighted by atomic mass is 10.1. The number of carbonyl (C=O) groups is 1. The molecule has 0 atom stereocenters. The first-order valence-corrected chi connectivity index (χ1v) is 7.69. The zero-order valence-electron chi connectivity index (χ0n) is 13.1. The van der Waals surface area contributed by atoms with Crippen LogP contribution in [0.1, 0.15) is 16.1 Å². The maximum Gasteiger partial charge on any atom is 0.273 e. The predicted molar refractivity (Wildman–Crippen MR) is 91.1 cm³/mol. The molecule has 0 saturated heterocycles. The third kappa shape index (κ3) is 2.83. The van der Waals surface area contributed by atoms with Crippen molar-refractivity contribution in [2.45, 2.75) is 6.54 Å². The van der Waals surface area contributed by atoms with Gasteiger partial charge in [-0.1, -0.05) is 30.3 Å². The molecule has 3 aromatic heterocycles. The van der Waals surface area contributed by atoms with Gasteiger partial charge >= 0.3 is 0 Å². The zero-order chi connectivity index (χ0) is 17.2. The molecule has 1 aromatic carbocycles. The molecule has 0 saturated carbocycles. The smallest absolute Gasteiger partial charge is 0.273 e. The van der Waals surface area contributed by atoms with Gasteiger partial charge in [-0.3, -0.25) is 14.7 Å². The Labute approximate surface area is 141 Å². The first-order valence-electron chi connectivity index (χ1n) is 7.69. The Hall–Kier alpha value is -3.61. The Kier molecular flexibility index (Phi) is 3.66. The summed E-state index contributed by atoms with van der Waals surface area (Å²) in [5, 5.41) is 5.52. The summed E-state index contributed by atoms with van der Waals surface area (Å²) in [5.74, 6) is 0.301. The van der Waals surface area contributed by atoms with E-state index in [9.17, 15) is 9.59 Å². The Morgan fingerprint density at radius 2 is 2.04 bits per heavy atom. The molecule has 0 radical (unpaired) electrons. The fraction of sp³-hybridized carbons (Fsp3) is 0.0556. The van der Waals surface area contributed by atoms with Gasteiger partial charge in [0.25, 0.3) is 11.5 Å². The van der Waals surface area contributed by atoms with Gasteiger partial charge in [0, 0.05) is 17.8 Å². The summed E-state index contributed by atoms with van der Waals surface area (Å²) < 4.78 is 6.44. The first-order chi connectivity index (χ1) is 12.2. The molecular formula is C18H14N4O3. The van der Waals surface area contributed by atoms with Crippen LogP contribution in [0.25, 0.3) is 16.9 Å². The van der Waals surface area contributed by atoms with Crippen molar-refractivity contribution in [2.75, 3.05) is 0 Å². The van der Waals surface area contributed by atoms with E-state index < -0.39 is 0 Å². The van der Waals surface area contributed by atoms with E-state index >= 15 is 0 Å². The van der Waals surface area contributed by atoms with Crippen LogP contribution in [0.3, 0.4) is 0 Å². The lowest BCUT2D eigenvalue weighted by Crippen LogP contribution is -2.23. The second-order valence-electron chi connectivity index (χ2n) is 5.45. The van der Waals surface area contributed by atoms with Crippen molar-refractivity contribution in [1.29, 1.82) is 0 Å². The minimum absolute atomic E-state index is 0.256. The van der Waals surface area contributed by atoms with Crippen LogP contribution in [0.4, 0.5) is 0 Å². The van der Waals surface area contributed by atoms with E-state index in [-0.39, 0.29) is 23.7 Å². The van der Waals surface area contributed by atoms with Gasteiger partial charge in [-0.2, -0.15) is 0 Å². The van der Waals surface area contributed by atoms with Gasteiger partial charge in [0.05, 0.1) is 18.5 Å². The number of furan rings is 1. The van der Waals surface area contributed by atoms with E-state index in [2.05, 4.69) is 15.4 Å². The average molecular weight is 334 g/mol. The van der Waals surface area contributed by atoms with E-state index in [4.69, 9.17) is 4.42 Å². The van der Waals surface area contributed by atoms with Crippen LogP contribution in [0.2, 0.25) is 0 Å². The number of aromatic amines is 1. The lowest BCUT2D eigenvalue weighted by Gasteiger charge is -2.04. The lowest BCUT2D eigenvalue weighted by molar-refractivity contribution is 0.0949. The summed E-state index contributed by atoms with van der Waals surface area (Å²) in [6.07, 6.45) is 3.01. The van der Waals surface area contributed by atoms with E-state index in [0.29, 0.717) is 17.0 Å². The maximum atomic E-state index is 12.4. The minimum Gasteiger partial charge on any atom is -0.467 e. The summed E-state index contributed by atoms with van der Waals surface area (Å²) in [5.41, 5.74) is 1.62. The summed E-state index contributed by atoms with van der Waals surface area (Å²) in [6, 6.07) is 14.3. The highest BCUT2D eigenvalue weighted by Crippen LogP contribution is 2.17. The van der Waals surface area contributed by atoms with E-state index in [1.807, 2.05) is 30.3 Å². The SMILES string of the molecule is O=C(NCc1ccco1)c1c[nH]n2c(=O)cc(-c3ccccc3)nc12. The maximum absolute atomic E-state index is 12.4. The molecule has 4 rings (SSSR count). The quantitative estimate of drug-likeness (QED) is 0.598. The third-order valence-electron chi connectivity index (χ3n) is 3.82. The molecule has 25 heavy (non-hydrogen) atoms. The highest BCUT2D eigenvalue weighted by Gasteiger charge is 2.16. The number of carbonyl (C=O) groups excluding carboxylic acids is 1. The zero-order valence-corrected chi connectivity index (χ0v) is 13.1. The number of nitrogens with zero attached hydrogens (tertiary/aromatic N) is 2. The Bertz CT molecular complexity index is 1080. The Balaban J connectivity index is 1.71. The molecule has 7 heteroatoms. The van der Waals surface area contributed by atoms with E-state index in [0.717, 1.165) is 5.56 Å². The van der Waals surface area contributed by atoms with Gasteiger partial charge in [0.1, 0.15) is 11.3 Å². The van der Waals surface area contributed by atoms with Crippen LogP contribution in [-0.4, -0.2) is 20.5 Å². The van der Waals surface area contributed by atoms with Crippen molar-refractivity contribution < 1.29 is 9.21 Å². The molecular weight excluding hydrogens is 320 g/mol. The summed E-state index contributed by atoms with van der Waals surface area (Å²) in [6.45, 7) is 0.256. The van der Waals surface area contributed by atoms with Crippen molar-refractivity contribution in [2.24, 2.45) is 0 Å². The van der Waals surface area contributed by atoms with Crippen molar-refractivity contribution in [3.05, 3.63) is 82.7 Å². The Morgan fingerprint density at radius 3 is 2.80 bits per heavy atom. The van der Waals surface area contributed by atoms with Crippen LogP contribution in [0.15, 0.2) is 70.2 Å². The van der Waals surface area contributed by atoms with E-state index in [1.165, 1.54) is 16.8 Å². The van der Waals surface area contributed by atoms with Crippen molar-refractivity contribution in [3.63, 3.8) is 0 Å². The second-order valence-corrected chi connectivity index (χ2v) is 5.45. The second kappa shape index (κ2) is 6.12. The molecule has 2 N–H and O–H groups in total. The average Bonchev–Trinajstić information content (AvgIpc) is 3.30. The van der Waals surface area contributed by atoms with Gasteiger partial charge in [-0.25, -0.2) is 9.50 Å². The monoisotopic (exact) mass is 334 g/mol. The highest BCUT2D eigenvalue weighted by atomic mass is 16.3. The molecule has 0 fully saturated rings. The fourth-order valence-corrected chi connectivity index (χ4v) is 2.58. The predicted octanol–water partition coefficient (Wildman–Crippen LogP) is 2.21. The van der Waals surface area contributed by atoms with Gasteiger partial charge in [0.15, 0.2) is 5.65 Å². The number of rotatable bonds is 4. The molecule has 124 valence electrons. The standard InChI is InChI=1S/C18H14N4O3/c23-16-9-15(12-5-2-1-3-6-12)21-17-14(11-20-22(16)17)18(24)19-10-13-7-4-8-25-13/h1-9,11,20H,10H2,(H,19,24). The van der Waals surface area contributed by atoms with Crippen LogP contribution in [0.5, 0.6) is 0 Å². The van der Waals surface area contributed by atoms with Crippen LogP contribution in [0, 0.1) is 0 Å². The van der Waals surface area contributed by atoms with Crippen molar-refractivity contribution in [1.82, 2.24) is 19.9 Å².